The first-order chi connectivity index (χ1) is 4.48. The van der Waals surface area contributed by atoms with Gasteiger partial charge in [-0.1, -0.05) is 29.5 Å². The molecule has 2 heteroatoms. The summed E-state index contributed by atoms with van der Waals surface area (Å²) in [5.74, 6) is 0. The average Bonchev–Trinajstić information content (AvgIpc) is 1.85. The van der Waals surface area contributed by atoms with E-state index in [2.05, 4.69) is 48.7 Å². The van der Waals surface area contributed by atoms with Crippen molar-refractivity contribution < 1.29 is 0 Å². The molecular weight excluding hydrogens is 237 g/mol. The molecule has 0 aromatic heterocycles. The lowest BCUT2D eigenvalue weighted by Crippen LogP contribution is -2.36. The quantitative estimate of drug-likeness (QED) is 0.601. The second kappa shape index (κ2) is 4.54. The molecule has 0 fully saturated rings. The Hall–Kier alpha value is 0.690. The summed E-state index contributed by atoms with van der Waals surface area (Å²) in [7, 11) is 2.03. The molecule has 0 aliphatic heterocycles. The predicted molar refractivity (Wildman–Crippen MR) is 55.9 cm³/mol. The molecule has 10 heavy (non-hydrogen) atoms. The van der Waals surface area contributed by atoms with Gasteiger partial charge in [-0.25, -0.2) is 0 Å². The van der Waals surface area contributed by atoms with Crippen molar-refractivity contribution in [2.24, 2.45) is 0 Å². The van der Waals surface area contributed by atoms with Crippen molar-refractivity contribution in [3.05, 3.63) is 0 Å². The van der Waals surface area contributed by atoms with Crippen molar-refractivity contribution in [2.75, 3.05) is 7.05 Å². The number of alkyl halides is 1. The maximum Gasteiger partial charge on any atom is 0.0122 e. The maximum atomic E-state index is 3.29. The third-order valence-corrected chi connectivity index (χ3v) is 2.47. The first-order valence-corrected chi connectivity index (χ1v) is 5.05. The van der Waals surface area contributed by atoms with Crippen molar-refractivity contribution >= 4 is 22.6 Å². The Morgan fingerprint density at radius 2 is 2.00 bits per heavy atom. The van der Waals surface area contributed by atoms with E-state index in [1.54, 1.807) is 0 Å². The summed E-state index contributed by atoms with van der Waals surface area (Å²) in [5.41, 5.74) is 0.319. The fraction of sp³-hybridized carbons (Fsp3) is 1.00. The number of nitrogens with one attached hydrogen (secondary N) is 1. The standard InChI is InChI=1S/C8H18IN/c1-7(9)5-6-8(2,3)10-4/h7,10H,5-6H2,1-4H3. The second-order valence-electron chi connectivity index (χ2n) is 3.45. The predicted octanol–water partition coefficient (Wildman–Crippen LogP) is 2.59. The van der Waals surface area contributed by atoms with Crippen LogP contribution >= 0.6 is 22.6 Å². The van der Waals surface area contributed by atoms with E-state index in [0.717, 1.165) is 3.92 Å². The third kappa shape index (κ3) is 5.47. The third-order valence-electron chi connectivity index (χ3n) is 1.84. The van der Waals surface area contributed by atoms with E-state index in [4.69, 9.17) is 0 Å². The van der Waals surface area contributed by atoms with Gasteiger partial charge in [0.15, 0.2) is 0 Å². The molecule has 0 aliphatic rings. The Labute approximate surface area is 78.1 Å². The van der Waals surface area contributed by atoms with Crippen molar-refractivity contribution in [2.45, 2.75) is 43.1 Å². The Morgan fingerprint density at radius 1 is 1.50 bits per heavy atom. The van der Waals surface area contributed by atoms with E-state index in [9.17, 15) is 0 Å². The highest BCUT2D eigenvalue weighted by Crippen LogP contribution is 2.15. The normalized spacial score (nSPS) is 15.3. The van der Waals surface area contributed by atoms with Crippen LogP contribution < -0.4 is 5.32 Å². The van der Waals surface area contributed by atoms with Crippen LogP contribution in [0.5, 0.6) is 0 Å². The molecule has 62 valence electrons. The van der Waals surface area contributed by atoms with Crippen LogP contribution in [0.25, 0.3) is 0 Å². The molecule has 0 spiro atoms. The zero-order chi connectivity index (χ0) is 8.20. The lowest BCUT2D eigenvalue weighted by atomic mass is 9.98. The molecule has 0 aromatic rings. The molecule has 0 amide bonds. The van der Waals surface area contributed by atoms with Gasteiger partial charge in [-0.2, -0.15) is 0 Å². The van der Waals surface area contributed by atoms with E-state index < -0.39 is 0 Å². The smallest absolute Gasteiger partial charge is 0.0122 e. The SMILES string of the molecule is CNC(C)(C)CCC(C)I. The summed E-state index contributed by atoms with van der Waals surface area (Å²) >= 11 is 2.47. The van der Waals surface area contributed by atoms with Gasteiger partial charge >= 0.3 is 0 Å². The molecule has 1 unspecified atom stereocenters. The van der Waals surface area contributed by atoms with Crippen LogP contribution in [0.1, 0.15) is 33.6 Å². The van der Waals surface area contributed by atoms with E-state index in [1.165, 1.54) is 12.8 Å². The molecule has 0 aromatic carbocycles. The summed E-state index contributed by atoms with van der Waals surface area (Å²) < 4.78 is 0.797. The largest absolute Gasteiger partial charge is 0.315 e. The fourth-order valence-electron chi connectivity index (χ4n) is 0.685. The van der Waals surface area contributed by atoms with Crippen LogP contribution in [0.2, 0.25) is 0 Å². The van der Waals surface area contributed by atoms with Crippen LogP contribution in [0.3, 0.4) is 0 Å². The molecule has 0 rings (SSSR count). The van der Waals surface area contributed by atoms with Gasteiger partial charge < -0.3 is 5.32 Å². The minimum Gasteiger partial charge on any atom is -0.315 e. The summed E-state index contributed by atoms with van der Waals surface area (Å²) in [6, 6.07) is 0. The number of hydrogen-bond donors (Lipinski definition) is 1. The summed E-state index contributed by atoms with van der Waals surface area (Å²) in [5, 5.41) is 3.29. The topological polar surface area (TPSA) is 12.0 Å². The Bertz CT molecular complexity index is 89.3. The molecule has 0 saturated carbocycles. The first-order valence-electron chi connectivity index (χ1n) is 3.81. The maximum absolute atomic E-state index is 3.29. The van der Waals surface area contributed by atoms with Crippen LogP contribution in [0, 0.1) is 0 Å². The minimum absolute atomic E-state index is 0.319. The molecular formula is C8H18IN. The summed E-state index contributed by atoms with van der Waals surface area (Å²) in [4.78, 5) is 0. The molecule has 0 bridgehead atoms. The Kier molecular flexibility index (Phi) is 4.86. The van der Waals surface area contributed by atoms with E-state index in [0.29, 0.717) is 5.54 Å². The number of hydrogen-bond acceptors (Lipinski definition) is 1. The van der Waals surface area contributed by atoms with Crippen molar-refractivity contribution in [3.8, 4) is 0 Å². The highest BCUT2D eigenvalue weighted by molar-refractivity contribution is 14.1. The monoisotopic (exact) mass is 255 g/mol. The lowest BCUT2D eigenvalue weighted by Gasteiger charge is -2.24. The van der Waals surface area contributed by atoms with E-state index >= 15 is 0 Å². The van der Waals surface area contributed by atoms with Gasteiger partial charge in [0.2, 0.25) is 0 Å². The Balaban J connectivity index is 3.46. The van der Waals surface area contributed by atoms with E-state index in [1.807, 2.05) is 7.05 Å². The van der Waals surface area contributed by atoms with Gasteiger partial charge in [0, 0.05) is 9.46 Å². The van der Waals surface area contributed by atoms with Crippen LogP contribution in [0.15, 0.2) is 0 Å². The van der Waals surface area contributed by atoms with Crippen LogP contribution in [-0.4, -0.2) is 16.5 Å². The highest BCUT2D eigenvalue weighted by atomic mass is 127. The molecule has 0 heterocycles. The minimum atomic E-state index is 0.319. The van der Waals surface area contributed by atoms with Crippen molar-refractivity contribution in [1.29, 1.82) is 0 Å². The lowest BCUT2D eigenvalue weighted by molar-refractivity contribution is 0.384. The summed E-state index contributed by atoms with van der Waals surface area (Å²) in [6.07, 6.45) is 2.56. The molecule has 1 nitrogen and oxygen atoms in total. The van der Waals surface area contributed by atoms with E-state index in [-0.39, 0.29) is 0 Å². The van der Waals surface area contributed by atoms with Crippen molar-refractivity contribution in [1.82, 2.24) is 5.32 Å². The zero-order valence-electron chi connectivity index (χ0n) is 7.37. The molecule has 0 radical (unpaired) electrons. The van der Waals surface area contributed by atoms with Crippen LogP contribution in [0.4, 0.5) is 0 Å². The van der Waals surface area contributed by atoms with Crippen LogP contribution in [-0.2, 0) is 0 Å². The molecule has 0 aliphatic carbocycles. The summed E-state index contributed by atoms with van der Waals surface area (Å²) in [6.45, 7) is 6.74. The molecule has 0 saturated heterocycles. The fourth-order valence-corrected chi connectivity index (χ4v) is 0.996. The molecule has 1 atom stereocenters. The van der Waals surface area contributed by atoms with Gasteiger partial charge in [-0.15, -0.1) is 0 Å². The van der Waals surface area contributed by atoms with Gasteiger partial charge in [-0.05, 0) is 33.7 Å². The number of halogens is 1. The highest BCUT2D eigenvalue weighted by Gasteiger charge is 2.14. The Morgan fingerprint density at radius 3 is 2.30 bits per heavy atom. The van der Waals surface area contributed by atoms with Gasteiger partial charge in [0.1, 0.15) is 0 Å². The molecule has 1 N–H and O–H groups in total. The van der Waals surface area contributed by atoms with Gasteiger partial charge in [-0.3, -0.25) is 0 Å². The van der Waals surface area contributed by atoms with Gasteiger partial charge in [0.25, 0.3) is 0 Å². The first kappa shape index (κ1) is 10.7. The van der Waals surface area contributed by atoms with Gasteiger partial charge in [0.05, 0.1) is 0 Å². The second-order valence-corrected chi connectivity index (χ2v) is 5.58. The van der Waals surface area contributed by atoms with Crippen molar-refractivity contribution in [3.63, 3.8) is 0 Å². The number of rotatable bonds is 4. The zero-order valence-corrected chi connectivity index (χ0v) is 9.53. The average molecular weight is 255 g/mol.